The zero-order valence-corrected chi connectivity index (χ0v) is 7.05. The van der Waals surface area contributed by atoms with Gasteiger partial charge in [-0.1, -0.05) is 19.3 Å². The monoisotopic (exact) mass is 154 g/mol. The molecule has 2 nitrogen and oxygen atoms in total. The number of hydrogen-bond donors (Lipinski definition) is 1. The normalized spacial score (nSPS) is 11.5. The summed E-state index contributed by atoms with van der Waals surface area (Å²) in [5.74, 6) is 5.08. The van der Waals surface area contributed by atoms with Crippen molar-refractivity contribution in [1.29, 1.82) is 0 Å². The molecule has 0 amide bonds. The second-order valence-corrected chi connectivity index (χ2v) is 2.37. The Balaban J connectivity index is 3.70. The molecule has 0 radical (unpaired) electrons. The van der Waals surface area contributed by atoms with Crippen LogP contribution in [0.15, 0.2) is 0 Å². The molecular weight excluding hydrogens is 140 g/mol. The van der Waals surface area contributed by atoms with Gasteiger partial charge in [0.05, 0.1) is 6.42 Å². The SMILES string of the molecule is CC#CCC(=O)C(O)CCC. The minimum atomic E-state index is -0.805. The summed E-state index contributed by atoms with van der Waals surface area (Å²) in [7, 11) is 0. The fraction of sp³-hybridized carbons (Fsp3) is 0.667. The number of rotatable bonds is 4. The van der Waals surface area contributed by atoms with Crippen LogP contribution in [0.25, 0.3) is 0 Å². The molecule has 0 bridgehead atoms. The lowest BCUT2D eigenvalue weighted by molar-refractivity contribution is -0.126. The zero-order chi connectivity index (χ0) is 8.69. The van der Waals surface area contributed by atoms with Gasteiger partial charge < -0.3 is 5.11 Å². The lowest BCUT2D eigenvalue weighted by Gasteiger charge is -2.03. The van der Waals surface area contributed by atoms with E-state index in [1.165, 1.54) is 0 Å². The lowest BCUT2D eigenvalue weighted by Crippen LogP contribution is -2.18. The molecule has 0 aliphatic carbocycles. The van der Waals surface area contributed by atoms with Crippen molar-refractivity contribution in [2.45, 2.75) is 39.2 Å². The second-order valence-electron chi connectivity index (χ2n) is 2.37. The van der Waals surface area contributed by atoms with Crippen molar-refractivity contribution in [2.24, 2.45) is 0 Å². The van der Waals surface area contributed by atoms with Gasteiger partial charge >= 0.3 is 0 Å². The Hall–Kier alpha value is -0.810. The van der Waals surface area contributed by atoms with Gasteiger partial charge in [-0.25, -0.2) is 0 Å². The molecule has 0 aliphatic rings. The van der Waals surface area contributed by atoms with Crippen molar-refractivity contribution in [3.05, 3.63) is 0 Å². The third-order valence-corrected chi connectivity index (χ3v) is 1.37. The number of carbonyl (C=O) groups is 1. The molecular formula is C9H14O2. The van der Waals surface area contributed by atoms with Crippen molar-refractivity contribution in [1.82, 2.24) is 0 Å². The van der Waals surface area contributed by atoms with Crippen LogP contribution in [0.5, 0.6) is 0 Å². The lowest BCUT2D eigenvalue weighted by atomic mass is 10.1. The molecule has 0 saturated heterocycles. The van der Waals surface area contributed by atoms with Crippen LogP contribution in [0.3, 0.4) is 0 Å². The number of carbonyl (C=O) groups excluding carboxylic acids is 1. The Labute approximate surface area is 67.6 Å². The van der Waals surface area contributed by atoms with E-state index in [0.717, 1.165) is 6.42 Å². The third kappa shape index (κ3) is 4.58. The van der Waals surface area contributed by atoms with Crippen LogP contribution in [0.1, 0.15) is 33.1 Å². The van der Waals surface area contributed by atoms with Gasteiger partial charge in [-0.05, 0) is 13.3 Å². The van der Waals surface area contributed by atoms with Gasteiger partial charge in [0.2, 0.25) is 0 Å². The van der Waals surface area contributed by atoms with Gasteiger partial charge in [-0.15, -0.1) is 5.92 Å². The highest BCUT2D eigenvalue weighted by Gasteiger charge is 2.11. The summed E-state index contributed by atoms with van der Waals surface area (Å²) in [5, 5.41) is 9.13. The average Bonchev–Trinajstić information content (AvgIpc) is 2.00. The molecule has 0 saturated carbocycles. The zero-order valence-electron chi connectivity index (χ0n) is 7.05. The van der Waals surface area contributed by atoms with E-state index in [2.05, 4.69) is 11.8 Å². The predicted molar refractivity (Wildman–Crippen MR) is 44.0 cm³/mol. The highest BCUT2D eigenvalue weighted by atomic mass is 16.3. The van der Waals surface area contributed by atoms with E-state index in [4.69, 9.17) is 5.11 Å². The molecule has 11 heavy (non-hydrogen) atoms. The van der Waals surface area contributed by atoms with Crippen LogP contribution >= 0.6 is 0 Å². The van der Waals surface area contributed by atoms with E-state index in [0.29, 0.717) is 6.42 Å². The number of aliphatic hydroxyl groups excluding tert-OH is 1. The fourth-order valence-corrected chi connectivity index (χ4v) is 0.728. The minimum absolute atomic E-state index is 0.166. The number of ketones is 1. The van der Waals surface area contributed by atoms with Crippen molar-refractivity contribution in [2.75, 3.05) is 0 Å². The Morgan fingerprint density at radius 3 is 2.73 bits per heavy atom. The topological polar surface area (TPSA) is 37.3 Å². The summed E-state index contributed by atoms with van der Waals surface area (Å²) in [6, 6.07) is 0. The maximum atomic E-state index is 10.9. The molecule has 0 heterocycles. The maximum Gasteiger partial charge on any atom is 0.173 e. The van der Waals surface area contributed by atoms with Gasteiger partial charge in [0, 0.05) is 0 Å². The van der Waals surface area contributed by atoms with Crippen molar-refractivity contribution in [3.8, 4) is 11.8 Å². The second kappa shape index (κ2) is 5.94. The van der Waals surface area contributed by atoms with Crippen LogP contribution in [0, 0.1) is 11.8 Å². The summed E-state index contributed by atoms with van der Waals surface area (Å²) < 4.78 is 0. The first-order chi connectivity index (χ1) is 5.22. The van der Waals surface area contributed by atoms with Crippen molar-refractivity contribution >= 4 is 5.78 Å². The van der Waals surface area contributed by atoms with Gasteiger partial charge in [-0.2, -0.15) is 0 Å². The van der Waals surface area contributed by atoms with Gasteiger partial charge in [0.25, 0.3) is 0 Å². The van der Waals surface area contributed by atoms with E-state index in [1.807, 2.05) is 6.92 Å². The average molecular weight is 154 g/mol. The van der Waals surface area contributed by atoms with Crippen LogP contribution in [0.2, 0.25) is 0 Å². The molecule has 0 aliphatic heterocycles. The van der Waals surface area contributed by atoms with Crippen LogP contribution < -0.4 is 0 Å². The summed E-state index contributed by atoms with van der Waals surface area (Å²) in [5.41, 5.74) is 0. The van der Waals surface area contributed by atoms with Crippen LogP contribution in [0.4, 0.5) is 0 Å². The smallest absolute Gasteiger partial charge is 0.173 e. The summed E-state index contributed by atoms with van der Waals surface area (Å²) in [6.45, 7) is 3.61. The van der Waals surface area contributed by atoms with E-state index in [9.17, 15) is 4.79 Å². The highest BCUT2D eigenvalue weighted by molar-refractivity contribution is 5.84. The summed E-state index contributed by atoms with van der Waals surface area (Å²) >= 11 is 0. The standard InChI is InChI=1S/C9H14O2/c1-3-5-7-9(11)8(10)6-4-2/h8,10H,4,6-7H2,1-2H3. The van der Waals surface area contributed by atoms with Crippen LogP contribution in [-0.2, 0) is 4.79 Å². The summed E-state index contributed by atoms with van der Waals surface area (Å²) in [4.78, 5) is 10.9. The largest absolute Gasteiger partial charge is 0.385 e. The molecule has 1 N–H and O–H groups in total. The molecule has 0 aromatic carbocycles. The number of Topliss-reactive ketones (excluding diaryl/α,β-unsaturated/α-hetero) is 1. The summed E-state index contributed by atoms with van der Waals surface area (Å²) in [6.07, 6.45) is 0.745. The molecule has 0 spiro atoms. The van der Waals surface area contributed by atoms with Crippen molar-refractivity contribution < 1.29 is 9.90 Å². The highest BCUT2D eigenvalue weighted by Crippen LogP contribution is 1.99. The predicted octanol–water partition coefficient (Wildman–Crippen LogP) is 1.13. The molecule has 1 unspecified atom stereocenters. The van der Waals surface area contributed by atoms with Crippen LogP contribution in [-0.4, -0.2) is 17.0 Å². The molecule has 2 heteroatoms. The third-order valence-electron chi connectivity index (χ3n) is 1.37. The first kappa shape index (κ1) is 10.2. The van der Waals surface area contributed by atoms with E-state index < -0.39 is 6.10 Å². The molecule has 0 rings (SSSR count). The molecule has 0 aromatic heterocycles. The van der Waals surface area contributed by atoms with E-state index >= 15 is 0 Å². The van der Waals surface area contributed by atoms with E-state index in [-0.39, 0.29) is 12.2 Å². The Morgan fingerprint density at radius 1 is 1.64 bits per heavy atom. The fourth-order valence-electron chi connectivity index (χ4n) is 0.728. The van der Waals surface area contributed by atoms with Gasteiger partial charge in [0.15, 0.2) is 5.78 Å². The van der Waals surface area contributed by atoms with Crippen molar-refractivity contribution in [3.63, 3.8) is 0 Å². The Kier molecular flexibility index (Phi) is 5.50. The molecule has 62 valence electrons. The first-order valence-electron chi connectivity index (χ1n) is 3.82. The van der Waals surface area contributed by atoms with Gasteiger partial charge in [0.1, 0.15) is 6.10 Å². The quantitative estimate of drug-likeness (QED) is 0.616. The number of hydrogen-bond acceptors (Lipinski definition) is 2. The number of aliphatic hydroxyl groups is 1. The van der Waals surface area contributed by atoms with E-state index in [1.54, 1.807) is 6.92 Å². The Morgan fingerprint density at radius 2 is 2.27 bits per heavy atom. The molecule has 0 aromatic rings. The first-order valence-corrected chi connectivity index (χ1v) is 3.82. The van der Waals surface area contributed by atoms with Gasteiger partial charge in [-0.3, -0.25) is 4.79 Å². The molecule has 1 atom stereocenters. The molecule has 0 fully saturated rings. The Bertz CT molecular complexity index is 174. The maximum absolute atomic E-state index is 10.9. The minimum Gasteiger partial charge on any atom is -0.385 e.